The van der Waals surface area contributed by atoms with Crippen molar-refractivity contribution in [2.75, 3.05) is 0 Å². The van der Waals surface area contributed by atoms with Crippen LogP contribution in [-0.4, -0.2) is 10.8 Å². The van der Waals surface area contributed by atoms with Gasteiger partial charge in [-0.25, -0.2) is 0 Å². The molecule has 1 heterocycles. The van der Waals surface area contributed by atoms with Gasteiger partial charge in [0.1, 0.15) is 0 Å². The van der Waals surface area contributed by atoms with E-state index in [0.29, 0.717) is 0 Å². The van der Waals surface area contributed by atoms with Crippen LogP contribution in [0.3, 0.4) is 0 Å². The lowest BCUT2D eigenvalue weighted by Gasteiger charge is -2.30. The fraction of sp³-hybridized carbons (Fsp3) is 0.500. The molecule has 106 valence electrons. The average molecular weight is 269 g/mol. The lowest BCUT2D eigenvalue weighted by atomic mass is 9.80. The van der Waals surface area contributed by atoms with Crippen molar-refractivity contribution in [2.24, 2.45) is 5.41 Å². The van der Waals surface area contributed by atoms with Crippen LogP contribution < -0.4 is 0 Å². The number of carbonyl (C=O) groups is 1. The Kier molecular flexibility index (Phi) is 3.19. The number of carbonyl (C=O) groups excluding carboxylic acids is 1. The van der Waals surface area contributed by atoms with Gasteiger partial charge >= 0.3 is 0 Å². The molecule has 3 rings (SSSR count). The second-order valence-corrected chi connectivity index (χ2v) is 6.52. The maximum atomic E-state index is 12.9. The Labute approximate surface area is 121 Å². The Hall–Kier alpha value is -1.57. The molecule has 20 heavy (non-hydrogen) atoms. The summed E-state index contributed by atoms with van der Waals surface area (Å²) in [6.45, 7) is 6.33. The summed E-state index contributed by atoms with van der Waals surface area (Å²) in [5.41, 5.74) is 3.61. The first-order valence-corrected chi connectivity index (χ1v) is 7.64. The predicted octanol–water partition coefficient (Wildman–Crippen LogP) is 4.44. The van der Waals surface area contributed by atoms with Crippen molar-refractivity contribution in [3.05, 3.63) is 47.2 Å². The van der Waals surface area contributed by atoms with Crippen molar-refractivity contribution in [2.45, 2.75) is 52.5 Å². The van der Waals surface area contributed by atoms with Gasteiger partial charge in [0.2, 0.25) is 5.91 Å². The maximum absolute atomic E-state index is 12.9. The van der Waals surface area contributed by atoms with Gasteiger partial charge in [0.05, 0.1) is 11.5 Å². The second kappa shape index (κ2) is 4.76. The summed E-state index contributed by atoms with van der Waals surface area (Å²) in [6, 6.07) is 10.5. The molecule has 1 aromatic rings. The molecule has 1 aliphatic heterocycles. The van der Waals surface area contributed by atoms with Crippen LogP contribution in [0.4, 0.5) is 0 Å². The van der Waals surface area contributed by atoms with Crippen LogP contribution in [0.1, 0.15) is 58.1 Å². The molecule has 1 atom stereocenters. The number of rotatable bonds is 2. The van der Waals surface area contributed by atoms with Crippen LogP contribution in [0, 0.1) is 5.41 Å². The van der Waals surface area contributed by atoms with Gasteiger partial charge < -0.3 is 4.90 Å². The summed E-state index contributed by atoms with van der Waals surface area (Å²) in [5, 5.41) is 0. The van der Waals surface area contributed by atoms with E-state index in [9.17, 15) is 4.79 Å². The molecule has 2 heteroatoms. The van der Waals surface area contributed by atoms with Gasteiger partial charge in [-0.05, 0) is 57.6 Å². The topological polar surface area (TPSA) is 20.3 Å². The number of hydrogen-bond acceptors (Lipinski definition) is 1. The smallest absolute Gasteiger partial charge is 0.237 e. The van der Waals surface area contributed by atoms with E-state index < -0.39 is 0 Å². The fourth-order valence-electron chi connectivity index (χ4n) is 3.67. The molecule has 0 N–H and O–H groups in total. The van der Waals surface area contributed by atoms with Crippen molar-refractivity contribution >= 4 is 5.91 Å². The van der Waals surface area contributed by atoms with Crippen LogP contribution in [0.15, 0.2) is 41.6 Å². The van der Waals surface area contributed by atoms with E-state index in [0.717, 1.165) is 12.8 Å². The number of hydrogen-bond donors (Lipinski definition) is 0. The molecule has 0 unspecified atom stereocenters. The van der Waals surface area contributed by atoms with E-state index in [1.165, 1.54) is 29.7 Å². The second-order valence-electron chi connectivity index (χ2n) is 6.52. The average Bonchev–Trinajstić information content (AvgIpc) is 2.67. The maximum Gasteiger partial charge on any atom is 0.237 e. The van der Waals surface area contributed by atoms with Crippen LogP contribution in [0.5, 0.6) is 0 Å². The Balaban J connectivity index is 2.01. The molecular formula is C18H23NO. The SMILES string of the molecule is C[C@@H](c1ccccc1)N1C(=O)C(C)(C)C2=C1CCCC2. The third kappa shape index (κ3) is 1.90. The lowest BCUT2D eigenvalue weighted by Crippen LogP contribution is -2.35. The molecule has 0 bridgehead atoms. The molecule has 0 fully saturated rings. The Morgan fingerprint density at radius 2 is 1.75 bits per heavy atom. The standard InChI is InChI=1S/C18H23NO/c1-13(14-9-5-4-6-10-14)19-16-12-8-7-11-15(16)18(2,3)17(19)20/h4-6,9-10,13H,7-8,11-12H2,1-3H3/t13-/m0/s1. The van der Waals surface area contributed by atoms with Gasteiger partial charge in [-0.3, -0.25) is 4.79 Å². The molecule has 2 aliphatic rings. The minimum Gasteiger partial charge on any atom is -0.308 e. The minimum atomic E-state index is -0.307. The highest BCUT2D eigenvalue weighted by atomic mass is 16.2. The summed E-state index contributed by atoms with van der Waals surface area (Å²) >= 11 is 0. The highest BCUT2D eigenvalue weighted by Crippen LogP contribution is 2.49. The van der Waals surface area contributed by atoms with Crippen LogP contribution in [0.25, 0.3) is 0 Å². The Bertz CT molecular complexity index is 556. The highest BCUT2D eigenvalue weighted by Gasteiger charge is 2.47. The summed E-state index contributed by atoms with van der Waals surface area (Å²) in [5.74, 6) is 0.278. The van der Waals surface area contributed by atoms with Crippen LogP contribution >= 0.6 is 0 Å². The van der Waals surface area contributed by atoms with Crippen molar-refractivity contribution in [1.82, 2.24) is 4.90 Å². The van der Waals surface area contributed by atoms with Gasteiger partial charge in [-0.2, -0.15) is 0 Å². The first kappa shape index (κ1) is 13.4. The lowest BCUT2D eigenvalue weighted by molar-refractivity contribution is -0.135. The summed E-state index contributed by atoms with van der Waals surface area (Å²) < 4.78 is 0. The largest absolute Gasteiger partial charge is 0.308 e. The van der Waals surface area contributed by atoms with Crippen molar-refractivity contribution in [3.8, 4) is 0 Å². The zero-order valence-electron chi connectivity index (χ0n) is 12.6. The van der Waals surface area contributed by atoms with Crippen molar-refractivity contribution in [3.63, 3.8) is 0 Å². The van der Waals surface area contributed by atoms with Gasteiger partial charge in [-0.1, -0.05) is 30.3 Å². The molecule has 0 aromatic heterocycles. The van der Waals surface area contributed by atoms with Crippen molar-refractivity contribution < 1.29 is 4.79 Å². The third-order valence-electron chi connectivity index (χ3n) is 4.91. The Morgan fingerprint density at radius 3 is 2.45 bits per heavy atom. The summed E-state index contributed by atoms with van der Waals surface area (Å²) in [7, 11) is 0. The van der Waals surface area contributed by atoms with Crippen LogP contribution in [-0.2, 0) is 4.79 Å². The molecule has 0 radical (unpaired) electrons. The highest BCUT2D eigenvalue weighted by molar-refractivity contribution is 5.91. The Morgan fingerprint density at radius 1 is 1.10 bits per heavy atom. The van der Waals surface area contributed by atoms with Crippen molar-refractivity contribution in [1.29, 1.82) is 0 Å². The number of allylic oxidation sites excluding steroid dienone is 1. The number of benzene rings is 1. The fourth-order valence-corrected chi connectivity index (χ4v) is 3.67. The van der Waals surface area contributed by atoms with E-state index in [1.807, 2.05) is 18.2 Å². The van der Waals surface area contributed by atoms with Gasteiger partial charge in [-0.15, -0.1) is 0 Å². The van der Waals surface area contributed by atoms with E-state index in [1.54, 1.807) is 0 Å². The monoisotopic (exact) mass is 269 g/mol. The van der Waals surface area contributed by atoms with E-state index >= 15 is 0 Å². The molecular weight excluding hydrogens is 246 g/mol. The number of amides is 1. The summed E-state index contributed by atoms with van der Waals surface area (Å²) in [4.78, 5) is 15.0. The predicted molar refractivity (Wildman–Crippen MR) is 81.0 cm³/mol. The summed E-state index contributed by atoms with van der Waals surface area (Å²) in [6.07, 6.45) is 4.58. The minimum absolute atomic E-state index is 0.133. The number of nitrogens with zero attached hydrogens (tertiary/aromatic N) is 1. The van der Waals surface area contributed by atoms with Gasteiger partial charge in [0, 0.05) is 5.70 Å². The molecule has 1 amide bonds. The molecule has 2 nitrogen and oxygen atoms in total. The van der Waals surface area contributed by atoms with E-state index in [-0.39, 0.29) is 17.4 Å². The normalized spacial score (nSPS) is 22.9. The quantitative estimate of drug-likeness (QED) is 0.777. The first-order valence-electron chi connectivity index (χ1n) is 7.64. The molecule has 0 saturated heterocycles. The van der Waals surface area contributed by atoms with E-state index in [4.69, 9.17) is 0 Å². The first-order chi connectivity index (χ1) is 9.53. The zero-order valence-corrected chi connectivity index (χ0v) is 12.6. The zero-order chi connectivity index (χ0) is 14.3. The van der Waals surface area contributed by atoms with Gasteiger partial charge in [0.15, 0.2) is 0 Å². The van der Waals surface area contributed by atoms with E-state index in [2.05, 4.69) is 37.8 Å². The van der Waals surface area contributed by atoms with Gasteiger partial charge in [0.25, 0.3) is 0 Å². The van der Waals surface area contributed by atoms with Crippen LogP contribution in [0.2, 0.25) is 0 Å². The third-order valence-corrected chi connectivity index (χ3v) is 4.91. The molecule has 0 spiro atoms. The molecule has 1 aromatic carbocycles. The molecule has 0 saturated carbocycles. The molecule has 1 aliphatic carbocycles.